The summed E-state index contributed by atoms with van der Waals surface area (Å²) < 4.78 is 33.7. The molecule has 5 heterocycles. The van der Waals surface area contributed by atoms with E-state index < -0.39 is 29.7 Å². The minimum Gasteiger partial charge on any atom is -0.385 e. The largest absolute Gasteiger partial charge is 0.385 e. The van der Waals surface area contributed by atoms with Gasteiger partial charge in [0.2, 0.25) is 12.3 Å². The predicted octanol–water partition coefficient (Wildman–Crippen LogP) is 2.86. The quantitative estimate of drug-likeness (QED) is 0.177. The van der Waals surface area contributed by atoms with Crippen LogP contribution in [0.1, 0.15) is 63.5 Å². The van der Waals surface area contributed by atoms with Crippen LogP contribution in [-0.2, 0) is 16.0 Å². The number of likely N-dealkylation sites (tertiary alicyclic amines) is 2. The van der Waals surface area contributed by atoms with Crippen LogP contribution >= 0.6 is 11.6 Å². The maximum atomic E-state index is 16.0. The van der Waals surface area contributed by atoms with E-state index in [0.29, 0.717) is 48.0 Å². The molecule has 4 aliphatic heterocycles. The van der Waals surface area contributed by atoms with Crippen LogP contribution in [0, 0.1) is 17.3 Å². The average molecular weight is 803 g/mol. The number of alkyl halides is 2. The number of amides is 4. The summed E-state index contributed by atoms with van der Waals surface area (Å²) in [6.07, 6.45) is 4.96. The first-order chi connectivity index (χ1) is 27.3. The second-order valence-electron chi connectivity index (χ2n) is 14.9. The van der Waals surface area contributed by atoms with Crippen LogP contribution in [0.3, 0.4) is 0 Å². The third-order valence-electron chi connectivity index (χ3n) is 11.6. The highest BCUT2D eigenvalue weighted by molar-refractivity contribution is 6.33. The number of hydrogen-bond acceptors (Lipinski definition) is 10. The van der Waals surface area contributed by atoms with Crippen LogP contribution in [0.5, 0.6) is 0 Å². The van der Waals surface area contributed by atoms with Gasteiger partial charge in [0, 0.05) is 75.5 Å². The van der Waals surface area contributed by atoms with Crippen molar-refractivity contribution >= 4 is 52.8 Å². The fourth-order valence-corrected chi connectivity index (χ4v) is 8.60. The molecule has 14 nitrogen and oxygen atoms in total. The van der Waals surface area contributed by atoms with E-state index in [1.807, 2.05) is 24.3 Å². The first kappa shape index (κ1) is 39.6. The normalized spacial score (nSPS) is 19.3. The number of piperidine rings is 2. The van der Waals surface area contributed by atoms with Crippen molar-refractivity contribution in [3.05, 3.63) is 81.9 Å². The summed E-state index contributed by atoms with van der Waals surface area (Å²) in [5, 5.41) is 5.64. The number of imide groups is 1. The van der Waals surface area contributed by atoms with Gasteiger partial charge in [0.05, 0.1) is 35.7 Å². The Hall–Kier alpha value is -5.66. The highest BCUT2D eigenvalue weighted by atomic mass is 35.5. The highest BCUT2D eigenvalue weighted by Gasteiger charge is 2.57. The number of nitrogens with zero attached hydrogens (tertiary/aromatic N) is 6. The molecule has 2 aromatic carbocycles. The summed E-state index contributed by atoms with van der Waals surface area (Å²) in [6.45, 7) is 1.67. The van der Waals surface area contributed by atoms with Crippen LogP contribution in [0.4, 0.5) is 20.2 Å². The number of aromatic nitrogens is 2. The smallest absolute Gasteiger partial charge is 0.268 e. The molecule has 57 heavy (non-hydrogen) atoms. The molecule has 0 saturated carbocycles. The van der Waals surface area contributed by atoms with Gasteiger partial charge in [-0.2, -0.15) is 0 Å². The van der Waals surface area contributed by atoms with Crippen molar-refractivity contribution in [1.29, 1.82) is 0 Å². The Morgan fingerprint density at radius 2 is 1.91 bits per heavy atom. The van der Waals surface area contributed by atoms with Gasteiger partial charge in [-0.3, -0.25) is 34.8 Å². The molecule has 4 aliphatic rings. The Balaban J connectivity index is 0.954. The second kappa shape index (κ2) is 16.1. The molecule has 1 unspecified atom stereocenters. The lowest BCUT2D eigenvalue weighted by Crippen LogP contribution is -2.59. The summed E-state index contributed by atoms with van der Waals surface area (Å²) in [7, 11) is 3.52. The van der Waals surface area contributed by atoms with E-state index in [1.54, 1.807) is 51.7 Å². The molecule has 0 aliphatic carbocycles. The van der Waals surface area contributed by atoms with Crippen LogP contribution < -0.4 is 31.6 Å². The topological polar surface area (TPSA) is 161 Å². The summed E-state index contributed by atoms with van der Waals surface area (Å²) in [4.78, 5) is 59.5. The molecule has 1 atom stereocenters. The van der Waals surface area contributed by atoms with Gasteiger partial charge in [-0.05, 0) is 67.7 Å². The lowest BCUT2D eigenvalue weighted by Gasteiger charge is -2.51. The molecule has 0 bridgehead atoms. The number of fused-ring (bicyclic) bond motifs is 2. The minimum absolute atomic E-state index is 0.0525. The summed E-state index contributed by atoms with van der Waals surface area (Å²) >= 11 is 6.41. The molecule has 17 heteroatoms. The monoisotopic (exact) mass is 802 g/mol. The highest BCUT2D eigenvalue weighted by Crippen LogP contribution is 2.51. The number of halogens is 3. The number of nitrogens with two attached hydrogens (primary N) is 1. The van der Waals surface area contributed by atoms with E-state index in [-0.39, 0.29) is 63.2 Å². The van der Waals surface area contributed by atoms with E-state index in [4.69, 9.17) is 17.3 Å². The molecule has 1 spiro atoms. The van der Waals surface area contributed by atoms with Crippen molar-refractivity contribution in [2.24, 2.45) is 11.1 Å². The summed E-state index contributed by atoms with van der Waals surface area (Å²) in [6, 6.07) is 10.8. The van der Waals surface area contributed by atoms with E-state index in [2.05, 4.69) is 37.8 Å². The van der Waals surface area contributed by atoms with Gasteiger partial charge in [0.1, 0.15) is 11.9 Å². The molecule has 2 fully saturated rings. The van der Waals surface area contributed by atoms with E-state index in [9.17, 15) is 19.2 Å². The zero-order valence-corrected chi connectivity index (χ0v) is 32.5. The zero-order valence-electron chi connectivity index (χ0n) is 31.8. The maximum Gasteiger partial charge on any atom is 0.268 e. The molecule has 300 valence electrons. The first-order valence-corrected chi connectivity index (χ1v) is 19.3. The average Bonchev–Trinajstić information content (AvgIpc) is 3.84. The van der Waals surface area contributed by atoms with E-state index in [1.165, 1.54) is 6.20 Å². The Morgan fingerprint density at radius 3 is 2.63 bits per heavy atom. The number of carbonyl (C=O) groups is 4. The van der Waals surface area contributed by atoms with Crippen LogP contribution in [0.25, 0.3) is 5.70 Å². The van der Waals surface area contributed by atoms with Crippen molar-refractivity contribution < 1.29 is 28.0 Å². The van der Waals surface area contributed by atoms with E-state index in [0.717, 1.165) is 28.9 Å². The van der Waals surface area contributed by atoms with Gasteiger partial charge in [-0.1, -0.05) is 29.5 Å². The van der Waals surface area contributed by atoms with Crippen LogP contribution in [0.15, 0.2) is 48.7 Å². The molecule has 7 rings (SSSR count). The molecular weight excluding hydrogens is 758 g/mol. The van der Waals surface area contributed by atoms with Gasteiger partial charge in [0.25, 0.3) is 17.7 Å². The number of primary amides is 1. The molecule has 3 aromatic rings. The van der Waals surface area contributed by atoms with Gasteiger partial charge < -0.3 is 25.8 Å². The number of rotatable bonds is 10. The first-order valence-electron chi connectivity index (χ1n) is 18.9. The third kappa shape index (κ3) is 7.73. The van der Waals surface area contributed by atoms with Gasteiger partial charge in [0.15, 0.2) is 5.82 Å². The number of anilines is 2. The third-order valence-corrected chi connectivity index (χ3v) is 12.0. The number of hydrogen-bond donors (Lipinski definition) is 4. The van der Waals surface area contributed by atoms with Crippen LogP contribution in [0.2, 0.25) is 5.02 Å². The second-order valence-corrected chi connectivity index (χ2v) is 15.3. The van der Waals surface area contributed by atoms with Crippen LogP contribution in [-0.4, -0.2) is 116 Å². The Labute approximate surface area is 334 Å². The SMILES string of the molecule is CNC1=CC(N2CCc3c(C#CCN4CCC5(CCN(C(=O)c6ccc(Cl)c(N(C)CCC(=O)NC=O)c6)CC5)C(F)(F)C4)cccc32)Nn2c(C(N)=O)cnc21. The lowest BCUT2D eigenvalue weighted by molar-refractivity contribution is -0.183. The number of nitrogens with one attached hydrogen (secondary N) is 3. The van der Waals surface area contributed by atoms with Crippen molar-refractivity contribution in [1.82, 2.24) is 30.1 Å². The molecule has 5 N–H and O–H groups in total. The Morgan fingerprint density at radius 1 is 1.14 bits per heavy atom. The zero-order chi connectivity index (χ0) is 40.5. The van der Waals surface area contributed by atoms with Crippen molar-refractivity contribution in [2.75, 3.05) is 75.1 Å². The standard InChI is InChI=1S/C40H45ClF2N10O4/c1-45-30-22-34(48-53-33(36(44)56)23-46-37(30)53)52-17-10-28-26(5-3-7-31(28)52)6-4-15-50-18-12-39(40(42,43)24-50)13-19-51(20-14-39)38(57)27-8-9-29(41)32(21-27)49(2)16-11-35(55)47-25-54/h3,5,7-9,21-23,25,34,45,48H,10-20,24H2,1-2H3,(H2,44,56)(H,47,54,55). The van der Waals surface area contributed by atoms with Gasteiger partial charge in [-0.25, -0.2) is 18.4 Å². The lowest BCUT2D eigenvalue weighted by atomic mass is 9.68. The predicted molar refractivity (Wildman–Crippen MR) is 212 cm³/mol. The summed E-state index contributed by atoms with van der Waals surface area (Å²) in [5.41, 5.74) is 12.6. The molecule has 4 amide bonds. The van der Waals surface area contributed by atoms with Gasteiger partial charge in [-0.15, -0.1) is 0 Å². The maximum absolute atomic E-state index is 16.0. The fraction of sp³-hybridized carbons (Fsp3) is 0.425. The molecule has 2 saturated heterocycles. The van der Waals surface area contributed by atoms with Crippen molar-refractivity contribution in [2.45, 2.75) is 44.2 Å². The molecular formula is C40H45ClF2N10O4. The Kier molecular flexibility index (Phi) is 11.2. The number of benzene rings is 2. The number of imidazole rings is 1. The molecule has 1 aromatic heterocycles. The fourth-order valence-electron chi connectivity index (χ4n) is 8.33. The number of carbonyl (C=O) groups excluding carboxylic acids is 4. The minimum atomic E-state index is -2.96. The van der Waals surface area contributed by atoms with Crippen molar-refractivity contribution in [3.63, 3.8) is 0 Å². The van der Waals surface area contributed by atoms with Gasteiger partial charge >= 0.3 is 0 Å². The molecule has 0 radical (unpaired) electrons. The van der Waals surface area contributed by atoms with Crippen molar-refractivity contribution in [3.8, 4) is 11.8 Å². The Bertz CT molecular complexity index is 2170. The van der Waals surface area contributed by atoms with E-state index >= 15 is 8.78 Å². The summed E-state index contributed by atoms with van der Waals surface area (Å²) in [5.74, 6) is 2.74.